The fourth-order valence-electron chi connectivity index (χ4n) is 3.45. The van der Waals surface area contributed by atoms with Gasteiger partial charge in [-0.3, -0.25) is 14.4 Å². The number of carbonyl (C=O) groups is 3. The van der Waals surface area contributed by atoms with Gasteiger partial charge in [-0.2, -0.15) is 0 Å². The standard InChI is InChI=1S/C18H20N6O3S/c1-11-9-20-17(28-11)21-13(25)10-24-8-6-18(5-4-14(24)26)22-15-12(16(27)23-18)3-2-7-19-15/h2-3,7,9H,4-6,8,10H2,1H3,(H,19,22)(H,23,27)(H,20,21,25)/t18-/m0/s1. The number of thiazole rings is 1. The topological polar surface area (TPSA) is 116 Å². The second-order valence-electron chi connectivity index (χ2n) is 6.95. The molecule has 2 aromatic heterocycles. The number of nitrogens with one attached hydrogen (secondary N) is 3. The number of amides is 3. The summed E-state index contributed by atoms with van der Waals surface area (Å²) in [6.07, 6.45) is 4.43. The smallest absolute Gasteiger partial charge is 0.256 e. The van der Waals surface area contributed by atoms with Crippen molar-refractivity contribution in [2.75, 3.05) is 23.7 Å². The monoisotopic (exact) mass is 400 g/mol. The third-order valence-corrected chi connectivity index (χ3v) is 5.72. The predicted octanol–water partition coefficient (Wildman–Crippen LogP) is 1.35. The van der Waals surface area contributed by atoms with E-state index in [2.05, 4.69) is 25.9 Å². The molecule has 146 valence electrons. The minimum atomic E-state index is -0.744. The molecule has 3 amide bonds. The Morgan fingerprint density at radius 2 is 2.18 bits per heavy atom. The minimum Gasteiger partial charge on any atom is -0.347 e. The highest BCUT2D eigenvalue weighted by Gasteiger charge is 2.41. The first-order valence-electron chi connectivity index (χ1n) is 9.00. The van der Waals surface area contributed by atoms with Crippen molar-refractivity contribution in [3.8, 4) is 0 Å². The molecule has 0 saturated carbocycles. The zero-order chi connectivity index (χ0) is 19.7. The number of hydrogen-bond donors (Lipinski definition) is 3. The van der Waals surface area contributed by atoms with E-state index in [9.17, 15) is 14.4 Å². The van der Waals surface area contributed by atoms with Crippen LogP contribution in [0.4, 0.5) is 10.9 Å². The van der Waals surface area contributed by atoms with Gasteiger partial charge >= 0.3 is 0 Å². The molecule has 1 saturated heterocycles. The normalized spacial score (nSPS) is 21.5. The summed E-state index contributed by atoms with van der Waals surface area (Å²) >= 11 is 1.38. The summed E-state index contributed by atoms with van der Waals surface area (Å²) in [5, 5.41) is 9.52. The van der Waals surface area contributed by atoms with Gasteiger partial charge in [0.1, 0.15) is 11.5 Å². The zero-order valence-electron chi connectivity index (χ0n) is 15.3. The number of anilines is 2. The van der Waals surface area contributed by atoms with E-state index in [1.54, 1.807) is 24.5 Å². The predicted molar refractivity (Wildman–Crippen MR) is 104 cm³/mol. The summed E-state index contributed by atoms with van der Waals surface area (Å²) in [4.78, 5) is 48.2. The van der Waals surface area contributed by atoms with Crippen LogP contribution in [0.3, 0.4) is 0 Å². The van der Waals surface area contributed by atoms with E-state index in [0.717, 1.165) is 4.88 Å². The lowest BCUT2D eigenvalue weighted by atomic mass is 9.97. The van der Waals surface area contributed by atoms with Gasteiger partial charge in [0, 0.05) is 36.7 Å². The van der Waals surface area contributed by atoms with Crippen molar-refractivity contribution in [1.29, 1.82) is 0 Å². The van der Waals surface area contributed by atoms with Crippen molar-refractivity contribution in [3.63, 3.8) is 0 Å². The molecule has 28 heavy (non-hydrogen) atoms. The third-order valence-electron chi connectivity index (χ3n) is 4.89. The quantitative estimate of drug-likeness (QED) is 0.716. The van der Waals surface area contributed by atoms with E-state index in [1.807, 2.05) is 6.92 Å². The van der Waals surface area contributed by atoms with Gasteiger partial charge in [0.25, 0.3) is 5.91 Å². The van der Waals surface area contributed by atoms with E-state index in [-0.39, 0.29) is 30.7 Å². The molecule has 4 rings (SSSR count). The molecule has 0 aliphatic carbocycles. The Labute approximate surface area is 165 Å². The molecule has 9 nitrogen and oxygen atoms in total. The molecule has 1 atom stereocenters. The third kappa shape index (κ3) is 3.68. The summed E-state index contributed by atoms with van der Waals surface area (Å²) in [5.41, 5.74) is -0.259. The molecule has 2 aliphatic heterocycles. The number of aromatic nitrogens is 2. The number of hydrogen-bond acceptors (Lipinski definition) is 7. The van der Waals surface area contributed by atoms with E-state index in [4.69, 9.17) is 0 Å². The van der Waals surface area contributed by atoms with Crippen LogP contribution < -0.4 is 16.0 Å². The second-order valence-corrected chi connectivity index (χ2v) is 8.19. The molecule has 1 fully saturated rings. The van der Waals surface area contributed by atoms with Crippen LogP contribution in [0.5, 0.6) is 0 Å². The molecule has 2 aromatic rings. The van der Waals surface area contributed by atoms with Gasteiger partial charge in [-0.25, -0.2) is 9.97 Å². The maximum atomic E-state index is 12.5. The van der Waals surface area contributed by atoms with Gasteiger partial charge in [0.05, 0.1) is 12.1 Å². The lowest BCUT2D eigenvalue weighted by Crippen LogP contribution is -2.58. The largest absolute Gasteiger partial charge is 0.347 e. The first-order chi connectivity index (χ1) is 13.4. The van der Waals surface area contributed by atoms with E-state index < -0.39 is 5.66 Å². The van der Waals surface area contributed by atoms with Crippen LogP contribution in [0, 0.1) is 6.92 Å². The fourth-order valence-corrected chi connectivity index (χ4v) is 4.13. The number of pyridine rings is 1. The van der Waals surface area contributed by atoms with Gasteiger partial charge in [0.15, 0.2) is 5.13 Å². The van der Waals surface area contributed by atoms with E-state index in [0.29, 0.717) is 35.9 Å². The minimum absolute atomic E-state index is 0.0453. The Morgan fingerprint density at radius 1 is 1.32 bits per heavy atom. The molecule has 10 heteroatoms. The van der Waals surface area contributed by atoms with Crippen LogP contribution in [0.25, 0.3) is 0 Å². The summed E-state index contributed by atoms with van der Waals surface area (Å²) < 4.78 is 0. The van der Waals surface area contributed by atoms with Crippen molar-refractivity contribution in [3.05, 3.63) is 35.0 Å². The molecule has 3 N–H and O–H groups in total. The number of rotatable bonds is 3. The first-order valence-corrected chi connectivity index (χ1v) is 9.82. The Kier molecular flexibility index (Phi) is 4.71. The van der Waals surface area contributed by atoms with Crippen LogP contribution in [-0.4, -0.2) is 51.3 Å². The van der Waals surface area contributed by atoms with Gasteiger partial charge in [-0.1, -0.05) is 0 Å². The average molecular weight is 400 g/mol. The first kappa shape index (κ1) is 18.4. The highest BCUT2D eigenvalue weighted by atomic mass is 32.1. The van der Waals surface area contributed by atoms with Crippen LogP contribution >= 0.6 is 11.3 Å². The van der Waals surface area contributed by atoms with E-state index >= 15 is 0 Å². The van der Waals surface area contributed by atoms with Crippen molar-refractivity contribution < 1.29 is 14.4 Å². The van der Waals surface area contributed by atoms with Crippen LogP contribution in [0.15, 0.2) is 24.5 Å². The van der Waals surface area contributed by atoms with Crippen molar-refractivity contribution in [2.24, 2.45) is 0 Å². The van der Waals surface area contributed by atoms with Gasteiger partial charge < -0.3 is 20.9 Å². The molecule has 0 aromatic carbocycles. The number of aryl methyl sites for hydroxylation is 1. The lowest BCUT2D eigenvalue weighted by molar-refractivity contribution is -0.134. The maximum absolute atomic E-state index is 12.5. The molecule has 0 unspecified atom stereocenters. The molecule has 4 heterocycles. The van der Waals surface area contributed by atoms with E-state index in [1.165, 1.54) is 16.2 Å². The molecule has 2 aliphatic rings. The SMILES string of the molecule is Cc1cnc(NC(=O)CN2CC[C@]3(CCC2=O)NC(=O)c2cccnc2N3)s1. The molecular formula is C18H20N6O3S. The van der Waals surface area contributed by atoms with Gasteiger partial charge in [0.2, 0.25) is 11.8 Å². The molecule has 1 spiro atoms. The van der Waals surface area contributed by atoms with Crippen molar-refractivity contribution in [1.82, 2.24) is 20.2 Å². The number of fused-ring (bicyclic) bond motifs is 1. The van der Waals surface area contributed by atoms with Crippen LogP contribution in [-0.2, 0) is 9.59 Å². The summed E-state index contributed by atoms with van der Waals surface area (Å²) in [6, 6.07) is 3.41. The summed E-state index contributed by atoms with van der Waals surface area (Å²) in [5.74, 6) is -0.0971. The Morgan fingerprint density at radius 3 is 2.96 bits per heavy atom. The number of likely N-dealkylation sites (tertiary alicyclic amines) is 1. The van der Waals surface area contributed by atoms with Gasteiger partial charge in [-0.15, -0.1) is 11.3 Å². The van der Waals surface area contributed by atoms with Crippen molar-refractivity contribution in [2.45, 2.75) is 31.8 Å². The maximum Gasteiger partial charge on any atom is 0.256 e. The lowest BCUT2D eigenvalue weighted by Gasteiger charge is -2.39. The Bertz CT molecular complexity index is 945. The molecule has 0 radical (unpaired) electrons. The summed E-state index contributed by atoms with van der Waals surface area (Å²) in [6.45, 7) is 2.21. The fraction of sp³-hybridized carbons (Fsp3) is 0.389. The average Bonchev–Trinajstić information content (AvgIpc) is 3.01. The van der Waals surface area contributed by atoms with Crippen molar-refractivity contribution >= 4 is 40.0 Å². The molecule has 0 bridgehead atoms. The highest BCUT2D eigenvalue weighted by Crippen LogP contribution is 2.30. The number of nitrogens with zero attached hydrogens (tertiary/aromatic N) is 3. The van der Waals surface area contributed by atoms with Crippen LogP contribution in [0.1, 0.15) is 34.5 Å². The second kappa shape index (κ2) is 7.19. The zero-order valence-corrected chi connectivity index (χ0v) is 16.1. The van der Waals surface area contributed by atoms with Gasteiger partial charge in [-0.05, 0) is 25.5 Å². The number of carbonyl (C=O) groups excluding carboxylic acids is 3. The highest BCUT2D eigenvalue weighted by molar-refractivity contribution is 7.15. The molecular weight excluding hydrogens is 380 g/mol. The Hall–Kier alpha value is -3.01. The Balaban J connectivity index is 1.43. The summed E-state index contributed by atoms with van der Waals surface area (Å²) in [7, 11) is 0. The van der Waals surface area contributed by atoms with Crippen LogP contribution in [0.2, 0.25) is 0 Å².